The van der Waals surface area contributed by atoms with E-state index in [-0.39, 0.29) is 44.4 Å². The van der Waals surface area contributed by atoms with Crippen LogP contribution in [0.3, 0.4) is 0 Å². The van der Waals surface area contributed by atoms with Gasteiger partial charge in [0.2, 0.25) is 0 Å². The van der Waals surface area contributed by atoms with Crippen molar-refractivity contribution in [3.8, 4) is 0 Å². The molecular formula is C29H34N7O2Y-. The zero-order chi connectivity index (χ0) is 27.4. The molecular weight excluding hydrogens is 567 g/mol. The van der Waals surface area contributed by atoms with Crippen molar-refractivity contribution < 1.29 is 42.6 Å². The van der Waals surface area contributed by atoms with Gasteiger partial charge in [0.05, 0.1) is 24.0 Å². The van der Waals surface area contributed by atoms with E-state index in [0.29, 0.717) is 31.2 Å². The Kier molecular flexibility index (Phi) is 10.4. The van der Waals surface area contributed by atoms with Gasteiger partial charge < -0.3 is 25.5 Å². The topological polar surface area (TPSA) is 121 Å². The Bertz CT molecular complexity index is 1590. The van der Waals surface area contributed by atoms with Gasteiger partial charge in [-0.2, -0.15) is 5.10 Å². The summed E-state index contributed by atoms with van der Waals surface area (Å²) in [6.07, 6.45) is 8.98. The van der Waals surface area contributed by atoms with E-state index in [0.717, 1.165) is 44.4 Å². The second-order valence-corrected chi connectivity index (χ2v) is 9.94. The van der Waals surface area contributed by atoms with E-state index in [1.807, 2.05) is 75.7 Å². The Labute approximate surface area is 253 Å². The third-order valence-electron chi connectivity index (χ3n) is 6.34. The molecule has 5 rings (SSSR count). The molecule has 0 aliphatic heterocycles. The van der Waals surface area contributed by atoms with Gasteiger partial charge in [-0.3, -0.25) is 9.48 Å². The maximum Gasteiger partial charge on any atom is 0.254 e. The number of carbonyl (C=O) groups excluding carboxylic acids is 1. The number of nitrogens with one attached hydrogen (secondary N) is 2. The van der Waals surface area contributed by atoms with Crippen LogP contribution in [-0.4, -0.2) is 41.8 Å². The van der Waals surface area contributed by atoms with E-state index in [9.17, 15) is 4.79 Å². The van der Waals surface area contributed by atoms with Gasteiger partial charge in [-0.15, -0.1) is 0 Å². The fourth-order valence-electron chi connectivity index (χ4n) is 4.22. The Balaban J connectivity index is 0.000000644. The van der Waals surface area contributed by atoms with Crippen LogP contribution in [0.1, 0.15) is 52.2 Å². The average molecular weight is 602 g/mol. The molecule has 1 amide bonds. The number of carbonyl (C=O) groups is 1. The predicted octanol–water partition coefficient (Wildman–Crippen LogP) is 5.30. The molecule has 0 unspecified atom stereocenters. The van der Waals surface area contributed by atoms with E-state index in [1.165, 1.54) is 0 Å². The standard InChI is InChI=1S/C25H25N7O.C4H10O.Y/c1-15-4-5-23-30-19(13-31(23)11-15)14-32-12-18(9-29-32)25(33)28-10-22-16(2)8-21-20(17(22)3)6-7-27-24(21)26;1-4(2)3-5;/h4-9,11-13H,10,14H2,1-3H3,(H3,26,27,28,33);4-5H,3H2,1-2H3;/p-1. The van der Waals surface area contributed by atoms with Crippen LogP contribution in [0.4, 0.5) is 5.82 Å². The fourth-order valence-corrected chi connectivity index (χ4v) is 4.22. The van der Waals surface area contributed by atoms with Gasteiger partial charge in [0.1, 0.15) is 5.65 Å². The maximum atomic E-state index is 12.8. The van der Waals surface area contributed by atoms with Crippen molar-refractivity contribution in [3.63, 3.8) is 0 Å². The number of pyridine rings is 2. The summed E-state index contributed by atoms with van der Waals surface area (Å²) in [6.45, 7) is 11.2. The van der Waals surface area contributed by atoms with Crippen LogP contribution in [0.2, 0.25) is 0 Å². The Morgan fingerprint density at radius 2 is 1.85 bits per heavy atom. The number of aliphatic hydroxyl groups excluding tert-OH is 1. The van der Waals surface area contributed by atoms with Gasteiger partial charge >= 0.3 is 0 Å². The van der Waals surface area contributed by atoms with Crippen molar-refractivity contribution in [1.82, 2.24) is 29.5 Å². The number of aliphatic hydroxyl groups is 1. The summed E-state index contributed by atoms with van der Waals surface area (Å²) >= 11 is 0. The maximum absolute atomic E-state index is 12.8. The smallest absolute Gasteiger partial charge is 0.254 e. The molecule has 0 saturated carbocycles. The molecule has 0 atom stereocenters. The summed E-state index contributed by atoms with van der Waals surface area (Å²) in [7, 11) is 0. The van der Waals surface area contributed by atoms with E-state index in [1.54, 1.807) is 23.3 Å². The molecule has 0 bridgehead atoms. The quantitative estimate of drug-likeness (QED) is 0.274. The molecule has 39 heavy (non-hydrogen) atoms. The molecule has 0 aliphatic carbocycles. The molecule has 4 aromatic heterocycles. The normalized spacial score (nSPS) is 10.8. The molecule has 5 aromatic rings. The van der Waals surface area contributed by atoms with Crippen molar-refractivity contribution in [2.24, 2.45) is 5.92 Å². The van der Waals surface area contributed by atoms with Gasteiger partial charge in [0.15, 0.2) is 0 Å². The van der Waals surface area contributed by atoms with E-state index in [2.05, 4.69) is 20.4 Å². The summed E-state index contributed by atoms with van der Waals surface area (Å²) in [5.74, 6) is 0.527. The van der Waals surface area contributed by atoms with Crippen LogP contribution in [0.15, 0.2) is 55.2 Å². The first-order chi connectivity index (χ1) is 18.2. The number of aryl methyl sites for hydroxylation is 3. The summed E-state index contributed by atoms with van der Waals surface area (Å²) in [4.78, 5) is 21.5. The Morgan fingerprint density at radius 3 is 2.56 bits per heavy atom. The van der Waals surface area contributed by atoms with Gasteiger partial charge in [0.25, 0.3) is 5.91 Å². The molecule has 0 fully saturated rings. The minimum atomic E-state index is -0.179. The minimum absolute atomic E-state index is 0. The number of imidazole rings is 1. The summed E-state index contributed by atoms with van der Waals surface area (Å²) in [5, 5.41) is 17.3. The largest absolute Gasteiger partial charge is 0.482 e. The molecule has 1 radical (unpaired) electrons. The molecule has 3 N–H and O–H groups in total. The van der Waals surface area contributed by atoms with E-state index >= 15 is 0 Å². The number of nitrogens with zero attached hydrogens (tertiary/aromatic N) is 5. The molecule has 1 aromatic carbocycles. The van der Waals surface area contributed by atoms with Crippen LogP contribution >= 0.6 is 0 Å². The Morgan fingerprint density at radius 1 is 1.10 bits per heavy atom. The van der Waals surface area contributed by atoms with Gasteiger partial charge in [-0.25, -0.2) is 4.98 Å². The first kappa shape index (κ1) is 30.4. The first-order valence-corrected chi connectivity index (χ1v) is 12.6. The van der Waals surface area contributed by atoms with Crippen LogP contribution in [0, 0.1) is 26.7 Å². The number of benzene rings is 1. The minimum Gasteiger partial charge on any atom is -0.482 e. The summed E-state index contributed by atoms with van der Waals surface area (Å²) < 4.78 is 3.72. The van der Waals surface area contributed by atoms with Crippen LogP contribution in [0.25, 0.3) is 22.2 Å². The van der Waals surface area contributed by atoms with Crippen LogP contribution in [-0.2, 0) is 45.8 Å². The molecule has 10 heteroatoms. The number of fused-ring (bicyclic) bond motifs is 2. The van der Waals surface area contributed by atoms with Gasteiger partial charge in [0, 0.05) is 64.5 Å². The van der Waals surface area contributed by atoms with Crippen molar-refractivity contribution >= 4 is 28.1 Å². The fraction of sp³-hybridized carbons (Fsp3) is 0.310. The number of rotatable bonds is 6. The van der Waals surface area contributed by atoms with Crippen molar-refractivity contribution in [1.29, 1.82) is 0 Å². The zero-order valence-electron chi connectivity index (χ0n) is 23.1. The number of amides is 1. The molecule has 201 valence electrons. The molecule has 0 saturated heterocycles. The summed E-state index contributed by atoms with van der Waals surface area (Å²) in [5.41, 5.74) is 14.6. The van der Waals surface area contributed by atoms with Crippen LogP contribution in [0.5, 0.6) is 0 Å². The van der Waals surface area contributed by atoms with E-state index in [4.69, 9.17) is 10.8 Å². The second kappa shape index (κ2) is 13.3. The van der Waals surface area contributed by atoms with Crippen molar-refractivity contribution in [2.45, 2.75) is 47.7 Å². The zero-order valence-corrected chi connectivity index (χ0v) is 25.9. The first-order valence-electron chi connectivity index (χ1n) is 12.6. The third kappa shape index (κ3) is 7.29. The second-order valence-electron chi connectivity index (χ2n) is 9.94. The van der Waals surface area contributed by atoms with Crippen molar-refractivity contribution in [2.75, 3.05) is 6.61 Å². The number of hydrogen-bond donors (Lipinski definition) is 2. The van der Waals surface area contributed by atoms with Gasteiger partial charge in [-0.05, 0) is 65.8 Å². The number of aromatic nitrogens is 5. The molecule has 9 nitrogen and oxygen atoms in total. The van der Waals surface area contributed by atoms with Crippen molar-refractivity contribution in [3.05, 3.63) is 94.5 Å². The Hall–Kier alpha value is -3.14. The molecule has 0 aliphatic rings. The third-order valence-corrected chi connectivity index (χ3v) is 6.34. The van der Waals surface area contributed by atoms with E-state index < -0.39 is 0 Å². The molecule has 0 spiro atoms. The van der Waals surface area contributed by atoms with Crippen LogP contribution < -0.4 is 5.32 Å². The average Bonchev–Trinajstić information content (AvgIpc) is 3.51. The predicted molar refractivity (Wildman–Crippen MR) is 150 cm³/mol. The SMILES string of the molecule is CC(C)CO.Cc1ccc2nc(Cn3cc(C(=O)NCc4c(C)cc5c([NH-])nccc5c4C)cn3)cn2c1.[Y]. The monoisotopic (exact) mass is 601 g/mol. The number of hydrogen-bond acceptors (Lipinski definition) is 5. The van der Waals surface area contributed by atoms with Gasteiger partial charge in [-0.1, -0.05) is 44.1 Å². The summed E-state index contributed by atoms with van der Waals surface area (Å²) in [6, 6.07) is 7.90. The molecule has 4 heterocycles.